The number of carbonyl (C=O) groups excluding carboxylic acids is 1. The van der Waals surface area contributed by atoms with Crippen molar-refractivity contribution in [1.29, 1.82) is 0 Å². The molecule has 9 heteroatoms. The van der Waals surface area contributed by atoms with Gasteiger partial charge in [-0.3, -0.25) is 9.89 Å². The Hall–Kier alpha value is -3.62. The molecule has 0 aliphatic heterocycles. The number of nitrogens with one attached hydrogen (secondary N) is 2. The molecule has 1 aromatic heterocycles. The molecule has 152 valence electrons. The Labute approximate surface area is 165 Å². The van der Waals surface area contributed by atoms with E-state index in [1.807, 2.05) is 0 Å². The summed E-state index contributed by atoms with van der Waals surface area (Å²) in [5.41, 5.74) is 1.35. The molecule has 1 amide bonds. The molecule has 29 heavy (non-hydrogen) atoms. The Bertz CT molecular complexity index is 1040. The number of amides is 1. The van der Waals surface area contributed by atoms with Crippen LogP contribution in [0, 0.1) is 18.6 Å². The minimum atomic E-state index is -0.842. The van der Waals surface area contributed by atoms with Crippen molar-refractivity contribution in [3.8, 4) is 28.4 Å². The predicted molar refractivity (Wildman–Crippen MR) is 103 cm³/mol. The Kier molecular flexibility index (Phi) is 5.67. The lowest BCUT2D eigenvalue weighted by Gasteiger charge is -2.15. The maximum absolute atomic E-state index is 13.9. The zero-order chi connectivity index (χ0) is 21.1. The molecule has 0 unspecified atom stereocenters. The number of halogens is 2. The molecule has 3 aromatic rings. The van der Waals surface area contributed by atoms with E-state index in [1.54, 1.807) is 19.1 Å². The van der Waals surface area contributed by atoms with Gasteiger partial charge in [0.25, 0.3) is 5.91 Å². The third-order valence-corrected chi connectivity index (χ3v) is 4.31. The van der Waals surface area contributed by atoms with Crippen LogP contribution in [0.5, 0.6) is 17.2 Å². The lowest BCUT2D eigenvalue weighted by molar-refractivity contribution is 0.102. The number of aromatic nitrogens is 2. The van der Waals surface area contributed by atoms with Gasteiger partial charge in [0.2, 0.25) is 5.75 Å². The highest BCUT2D eigenvalue weighted by Crippen LogP contribution is 2.43. The zero-order valence-corrected chi connectivity index (χ0v) is 16.2. The van der Waals surface area contributed by atoms with E-state index >= 15 is 0 Å². The minimum absolute atomic E-state index is 0.144. The first-order valence-electron chi connectivity index (χ1n) is 8.51. The van der Waals surface area contributed by atoms with Gasteiger partial charge < -0.3 is 19.5 Å². The number of carbonyl (C=O) groups is 1. The van der Waals surface area contributed by atoms with Gasteiger partial charge in [0, 0.05) is 11.3 Å². The molecule has 7 nitrogen and oxygen atoms in total. The minimum Gasteiger partial charge on any atom is -0.493 e. The van der Waals surface area contributed by atoms with E-state index < -0.39 is 23.1 Å². The van der Waals surface area contributed by atoms with Crippen molar-refractivity contribution in [2.75, 3.05) is 26.6 Å². The van der Waals surface area contributed by atoms with Crippen LogP contribution in [-0.2, 0) is 0 Å². The molecule has 1 heterocycles. The van der Waals surface area contributed by atoms with Gasteiger partial charge in [-0.15, -0.1) is 0 Å². The summed E-state index contributed by atoms with van der Waals surface area (Å²) in [5.74, 6) is -1.02. The van der Waals surface area contributed by atoms with Crippen LogP contribution in [0.25, 0.3) is 11.1 Å². The fourth-order valence-electron chi connectivity index (χ4n) is 2.94. The normalized spacial score (nSPS) is 10.6. The number of aryl methyl sites for hydroxylation is 1. The highest BCUT2D eigenvalue weighted by molar-refractivity contribution is 6.06. The van der Waals surface area contributed by atoms with E-state index in [0.29, 0.717) is 34.1 Å². The van der Waals surface area contributed by atoms with Crippen molar-refractivity contribution in [3.05, 3.63) is 53.2 Å². The highest BCUT2D eigenvalue weighted by atomic mass is 19.1. The molecule has 3 rings (SSSR count). The predicted octanol–water partition coefficient (Wildman–Crippen LogP) is 3.94. The Morgan fingerprint density at radius 3 is 2.28 bits per heavy atom. The smallest absolute Gasteiger partial charge is 0.259 e. The van der Waals surface area contributed by atoms with E-state index in [1.165, 1.54) is 21.3 Å². The van der Waals surface area contributed by atoms with Crippen LogP contribution in [0.3, 0.4) is 0 Å². The summed E-state index contributed by atoms with van der Waals surface area (Å²) in [6.45, 7) is 1.75. The second-order valence-electron chi connectivity index (χ2n) is 6.06. The largest absolute Gasteiger partial charge is 0.493 e. The van der Waals surface area contributed by atoms with Gasteiger partial charge in [-0.25, -0.2) is 8.78 Å². The van der Waals surface area contributed by atoms with Gasteiger partial charge in [-0.1, -0.05) is 0 Å². The van der Waals surface area contributed by atoms with Gasteiger partial charge in [0.15, 0.2) is 17.3 Å². The molecule has 2 aromatic carbocycles. The first kappa shape index (κ1) is 20.1. The Morgan fingerprint density at radius 2 is 1.69 bits per heavy atom. The molecule has 0 radical (unpaired) electrons. The fourth-order valence-corrected chi connectivity index (χ4v) is 2.94. The lowest BCUT2D eigenvalue weighted by atomic mass is 10.0. The number of H-pyrrole nitrogens is 1. The molecular weight excluding hydrogens is 384 g/mol. The number of hydrogen-bond donors (Lipinski definition) is 2. The van der Waals surface area contributed by atoms with Gasteiger partial charge in [0.1, 0.15) is 11.6 Å². The van der Waals surface area contributed by atoms with Crippen LogP contribution < -0.4 is 19.5 Å². The van der Waals surface area contributed by atoms with E-state index in [9.17, 15) is 13.6 Å². The van der Waals surface area contributed by atoms with Gasteiger partial charge in [0.05, 0.1) is 26.9 Å². The topological polar surface area (TPSA) is 85.5 Å². The number of rotatable bonds is 6. The molecule has 0 saturated heterocycles. The Balaban J connectivity index is 2.05. The van der Waals surface area contributed by atoms with Gasteiger partial charge >= 0.3 is 0 Å². The number of anilines is 1. The maximum Gasteiger partial charge on any atom is 0.259 e. The van der Waals surface area contributed by atoms with Crippen molar-refractivity contribution in [2.45, 2.75) is 6.92 Å². The number of benzene rings is 2. The molecule has 0 bridgehead atoms. The second kappa shape index (κ2) is 8.17. The summed E-state index contributed by atoms with van der Waals surface area (Å²) in [7, 11) is 4.46. The van der Waals surface area contributed by atoms with Crippen LogP contribution in [-0.4, -0.2) is 37.4 Å². The summed E-state index contributed by atoms with van der Waals surface area (Å²) >= 11 is 0. The van der Waals surface area contributed by atoms with Crippen molar-refractivity contribution < 1.29 is 27.8 Å². The number of methoxy groups -OCH3 is 3. The quantitative estimate of drug-likeness (QED) is 0.651. The Morgan fingerprint density at radius 1 is 1.03 bits per heavy atom. The molecule has 2 N–H and O–H groups in total. The molecular formula is C20H19F2N3O4. The summed E-state index contributed by atoms with van der Waals surface area (Å²) in [6.07, 6.45) is 0. The fraction of sp³-hybridized carbons (Fsp3) is 0.200. The molecule has 0 saturated carbocycles. The third-order valence-electron chi connectivity index (χ3n) is 4.31. The average Bonchev–Trinajstić information content (AvgIpc) is 3.08. The monoisotopic (exact) mass is 403 g/mol. The van der Waals surface area contributed by atoms with Crippen LogP contribution in [0.4, 0.5) is 14.6 Å². The lowest BCUT2D eigenvalue weighted by Crippen LogP contribution is -2.15. The third kappa shape index (κ3) is 3.84. The van der Waals surface area contributed by atoms with E-state index in [-0.39, 0.29) is 5.82 Å². The highest BCUT2D eigenvalue weighted by Gasteiger charge is 2.21. The van der Waals surface area contributed by atoms with Crippen LogP contribution in [0.2, 0.25) is 0 Å². The number of ether oxygens (including phenoxy) is 3. The zero-order valence-electron chi connectivity index (χ0n) is 16.2. The van der Waals surface area contributed by atoms with Crippen LogP contribution in [0.15, 0.2) is 30.3 Å². The molecule has 0 spiro atoms. The van der Waals surface area contributed by atoms with Crippen molar-refractivity contribution >= 4 is 11.7 Å². The maximum atomic E-state index is 13.9. The average molecular weight is 403 g/mol. The standard InChI is InChI=1S/C20H19F2N3O4/c1-10-17(11-7-15(27-2)18(29-4)16(8-11)28-3)19(25-24-10)23-20(26)13-9-12(21)5-6-14(13)22/h5-9H,1-4H3,(H2,23,24,25,26). The molecule has 0 aliphatic rings. The molecule has 0 atom stereocenters. The van der Waals surface area contributed by atoms with Crippen molar-refractivity contribution in [3.63, 3.8) is 0 Å². The summed E-state index contributed by atoms with van der Waals surface area (Å²) in [4.78, 5) is 12.5. The van der Waals surface area contributed by atoms with Crippen LogP contribution >= 0.6 is 0 Å². The molecule has 0 fully saturated rings. The SMILES string of the molecule is COc1cc(-c2c(NC(=O)c3cc(F)ccc3F)n[nH]c2C)cc(OC)c1OC. The second-order valence-corrected chi connectivity index (χ2v) is 6.06. The van der Waals surface area contributed by atoms with Crippen molar-refractivity contribution in [1.82, 2.24) is 10.2 Å². The number of nitrogens with zero attached hydrogens (tertiary/aromatic N) is 1. The van der Waals surface area contributed by atoms with Gasteiger partial charge in [-0.2, -0.15) is 5.10 Å². The summed E-state index contributed by atoms with van der Waals surface area (Å²) in [5, 5.41) is 9.37. The van der Waals surface area contributed by atoms with E-state index in [2.05, 4.69) is 15.5 Å². The first-order valence-corrected chi connectivity index (χ1v) is 8.51. The summed E-state index contributed by atoms with van der Waals surface area (Å²) < 4.78 is 43.4. The first-order chi connectivity index (χ1) is 13.9. The van der Waals surface area contributed by atoms with E-state index in [4.69, 9.17) is 14.2 Å². The number of hydrogen-bond acceptors (Lipinski definition) is 5. The number of aromatic amines is 1. The van der Waals surface area contributed by atoms with Crippen LogP contribution in [0.1, 0.15) is 16.1 Å². The molecule has 0 aliphatic carbocycles. The summed E-state index contributed by atoms with van der Waals surface area (Å²) in [6, 6.07) is 6.03. The van der Waals surface area contributed by atoms with E-state index in [0.717, 1.165) is 18.2 Å². The van der Waals surface area contributed by atoms with Gasteiger partial charge in [-0.05, 0) is 42.8 Å². The van der Waals surface area contributed by atoms with Crippen molar-refractivity contribution in [2.24, 2.45) is 0 Å².